The summed E-state index contributed by atoms with van der Waals surface area (Å²) in [4.78, 5) is 37.6. The Kier molecular flexibility index (Phi) is 9.24. The van der Waals surface area contributed by atoms with Gasteiger partial charge in [-0.05, 0) is 100 Å². The fourth-order valence-corrected chi connectivity index (χ4v) is 6.68. The number of allylic oxidation sites excluding steroid dienone is 2. The van der Waals surface area contributed by atoms with Crippen molar-refractivity contribution in [3.8, 4) is 5.75 Å². The lowest BCUT2D eigenvalue weighted by Gasteiger charge is -2.26. The van der Waals surface area contributed by atoms with E-state index < -0.39 is 0 Å². The average Bonchev–Trinajstić information content (AvgIpc) is 3.26. The van der Waals surface area contributed by atoms with Crippen molar-refractivity contribution >= 4 is 18.3 Å². The summed E-state index contributed by atoms with van der Waals surface area (Å²) in [5.74, 6) is 0.841. The minimum Gasteiger partial charge on any atom is -0.494 e. The van der Waals surface area contributed by atoms with Crippen molar-refractivity contribution in [1.82, 2.24) is 15.5 Å². The second kappa shape index (κ2) is 12.6. The third kappa shape index (κ3) is 6.17. The highest BCUT2D eigenvalue weighted by molar-refractivity contribution is 5.90. The number of hydrogen-bond donors (Lipinski definition) is 3. The second-order valence-electron chi connectivity index (χ2n) is 10.7. The quantitative estimate of drug-likeness (QED) is 0.239. The van der Waals surface area contributed by atoms with E-state index in [2.05, 4.69) is 27.7 Å². The fourth-order valence-electron chi connectivity index (χ4n) is 6.68. The van der Waals surface area contributed by atoms with Gasteiger partial charge in [0, 0.05) is 13.1 Å². The fraction of sp³-hybridized carbons (Fsp3) is 0.621. The summed E-state index contributed by atoms with van der Waals surface area (Å²) in [5, 5.41) is 13.2. The van der Waals surface area contributed by atoms with Crippen molar-refractivity contribution in [2.24, 2.45) is 29.1 Å². The van der Waals surface area contributed by atoms with Crippen LogP contribution in [0.3, 0.4) is 0 Å². The molecule has 1 aliphatic heterocycles. The number of rotatable bonds is 11. The molecule has 1 heterocycles. The van der Waals surface area contributed by atoms with Crippen molar-refractivity contribution < 1.29 is 24.2 Å². The number of carbonyl (C=O) groups is 3. The van der Waals surface area contributed by atoms with Gasteiger partial charge in [0.15, 0.2) is 0 Å². The Morgan fingerprint density at radius 2 is 1.62 bits per heavy atom. The molecule has 2 bridgehead atoms. The number of likely N-dealkylation sites (tertiary alicyclic amines) is 1. The zero-order chi connectivity index (χ0) is 26.3. The highest BCUT2D eigenvalue weighted by atomic mass is 16.5. The van der Waals surface area contributed by atoms with E-state index in [0.29, 0.717) is 19.7 Å². The maximum atomic E-state index is 13.4. The number of ether oxygens (including phenoxy) is 1. The van der Waals surface area contributed by atoms with Crippen LogP contribution in [-0.2, 0) is 20.9 Å². The molecule has 1 spiro atoms. The molecule has 1 aromatic carbocycles. The van der Waals surface area contributed by atoms with Gasteiger partial charge >= 0.3 is 0 Å². The smallest absolute Gasteiger partial charge is 0.290 e. The van der Waals surface area contributed by atoms with Gasteiger partial charge in [-0.15, -0.1) is 0 Å². The molecule has 202 valence electrons. The molecular weight excluding hydrogens is 470 g/mol. The second-order valence-corrected chi connectivity index (χ2v) is 10.7. The van der Waals surface area contributed by atoms with Crippen LogP contribution in [0, 0.1) is 29.1 Å². The van der Waals surface area contributed by atoms with Gasteiger partial charge in [-0.25, -0.2) is 0 Å². The monoisotopic (exact) mass is 511 g/mol. The molecule has 3 N–H and O–H groups in total. The molecule has 8 nitrogen and oxygen atoms in total. The first-order chi connectivity index (χ1) is 18.0. The van der Waals surface area contributed by atoms with Crippen LogP contribution < -0.4 is 15.4 Å². The number of carboxylic acid groups (broad SMARTS) is 1. The Bertz CT molecular complexity index is 953. The molecule has 37 heavy (non-hydrogen) atoms. The summed E-state index contributed by atoms with van der Waals surface area (Å²) in [7, 11) is 0. The van der Waals surface area contributed by atoms with E-state index in [1.807, 2.05) is 31.2 Å². The molecule has 1 aromatic rings. The van der Waals surface area contributed by atoms with Gasteiger partial charge in [0.1, 0.15) is 5.75 Å². The van der Waals surface area contributed by atoms with Gasteiger partial charge in [-0.3, -0.25) is 14.4 Å². The summed E-state index contributed by atoms with van der Waals surface area (Å²) in [6.07, 6.45) is 11.5. The zero-order valence-corrected chi connectivity index (χ0v) is 21.9. The number of nitrogens with one attached hydrogen (secondary N) is 2. The Morgan fingerprint density at radius 3 is 2.19 bits per heavy atom. The molecule has 4 atom stereocenters. The predicted octanol–water partition coefficient (Wildman–Crippen LogP) is 3.22. The molecule has 3 aliphatic carbocycles. The maximum absolute atomic E-state index is 13.4. The highest BCUT2D eigenvalue weighted by Crippen LogP contribution is 2.72. The lowest BCUT2D eigenvalue weighted by Crippen LogP contribution is -2.44. The first-order valence-electron chi connectivity index (χ1n) is 13.8. The van der Waals surface area contributed by atoms with E-state index in [1.165, 1.54) is 25.9 Å². The first-order valence-corrected chi connectivity index (χ1v) is 13.8. The zero-order valence-electron chi connectivity index (χ0n) is 21.9. The lowest BCUT2D eigenvalue weighted by atomic mass is 9.81. The summed E-state index contributed by atoms with van der Waals surface area (Å²) < 4.78 is 5.50. The van der Waals surface area contributed by atoms with Crippen LogP contribution in [0.2, 0.25) is 0 Å². The SMILES string of the molecule is CCOc1ccc(CNC(=O)[C@H]2[C@H](C(=O)NCCCCN3CCCC3)[C@H]3C=C[C@@H]2C32CC2)cc1.O=CO. The predicted molar refractivity (Wildman–Crippen MR) is 141 cm³/mol. The van der Waals surface area contributed by atoms with Crippen molar-refractivity contribution in [3.05, 3.63) is 42.0 Å². The number of carbonyl (C=O) groups excluding carboxylic acids is 2. The Hall–Kier alpha value is -2.87. The summed E-state index contributed by atoms with van der Waals surface area (Å²) >= 11 is 0. The standard InChI is InChI=1S/C28H39N3O3.CH2O2/c1-2-34-21-9-7-20(8-10-21)19-30-27(33)25-23-12-11-22(28(23)13-14-28)24(25)26(32)29-15-3-4-16-31-17-5-6-18-31;2-1-3/h7-12,22-25H,2-6,13-19H2,1H3,(H,29,32)(H,30,33);1H,(H,2,3)/t22-,23+,24-,25-;/m1./s1. The van der Waals surface area contributed by atoms with Crippen molar-refractivity contribution in [2.45, 2.75) is 52.0 Å². The molecule has 0 unspecified atom stereocenters. The summed E-state index contributed by atoms with van der Waals surface area (Å²) in [6, 6.07) is 7.84. The lowest BCUT2D eigenvalue weighted by molar-refractivity contribution is -0.135. The minimum atomic E-state index is -0.259. The Morgan fingerprint density at radius 1 is 1.03 bits per heavy atom. The van der Waals surface area contributed by atoms with Crippen molar-refractivity contribution in [2.75, 3.05) is 32.8 Å². The van der Waals surface area contributed by atoms with Gasteiger partial charge < -0.3 is 25.4 Å². The third-order valence-electron chi connectivity index (χ3n) is 8.55. The topological polar surface area (TPSA) is 108 Å². The molecule has 1 saturated heterocycles. The van der Waals surface area contributed by atoms with Gasteiger partial charge in [0.05, 0.1) is 18.4 Å². The van der Waals surface area contributed by atoms with Crippen LogP contribution in [0.4, 0.5) is 0 Å². The summed E-state index contributed by atoms with van der Waals surface area (Å²) in [6.45, 7) is 7.10. The maximum Gasteiger partial charge on any atom is 0.290 e. The van der Waals surface area contributed by atoms with Gasteiger partial charge in [-0.2, -0.15) is 0 Å². The van der Waals surface area contributed by atoms with Crippen LogP contribution >= 0.6 is 0 Å². The Balaban J connectivity index is 0.00000102. The normalized spacial score (nSPS) is 26.4. The number of nitrogens with zero attached hydrogens (tertiary/aromatic N) is 1. The minimum absolute atomic E-state index is 0.0196. The highest BCUT2D eigenvalue weighted by Gasteiger charge is 2.69. The largest absolute Gasteiger partial charge is 0.494 e. The van der Waals surface area contributed by atoms with E-state index in [1.54, 1.807) is 0 Å². The molecule has 8 heteroatoms. The van der Waals surface area contributed by atoms with E-state index >= 15 is 0 Å². The molecule has 0 aromatic heterocycles. The summed E-state index contributed by atoms with van der Waals surface area (Å²) in [5.41, 5.74) is 1.20. The average molecular weight is 512 g/mol. The molecule has 5 rings (SSSR count). The number of benzene rings is 1. The molecule has 3 fully saturated rings. The molecule has 2 saturated carbocycles. The van der Waals surface area contributed by atoms with Crippen LogP contribution in [0.1, 0.15) is 51.0 Å². The molecule has 2 amide bonds. The van der Waals surface area contributed by atoms with Crippen LogP contribution in [-0.4, -0.2) is 61.1 Å². The number of amides is 2. The Labute approximate surface area is 219 Å². The number of unbranched alkanes of at least 4 members (excludes halogenated alkanes) is 1. The van der Waals surface area contributed by atoms with Crippen molar-refractivity contribution in [3.63, 3.8) is 0 Å². The van der Waals surface area contributed by atoms with E-state index in [4.69, 9.17) is 14.6 Å². The van der Waals surface area contributed by atoms with Crippen molar-refractivity contribution in [1.29, 1.82) is 0 Å². The third-order valence-corrected chi connectivity index (χ3v) is 8.55. The first kappa shape index (κ1) is 27.2. The molecular formula is C29H41N3O5. The van der Waals surface area contributed by atoms with Gasteiger partial charge in [0.25, 0.3) is 6.47 Å². The van der Waals surface area contributed by atoms with E-state index in [9.17, 15) is 9.59 Å². The van der Waals surface area contributed by atoms with E-state index in [-0.39, 0.29) is 47.4 Å². The number of hydrogen-bond acceptors (Lipinski definition) is 5. The van der Waals surface area contributed by atoms with Crippen LogP contribution in [0.25, 0.3) is 0 Å². The van der Waals surface area contributed by atoms with Gasteiger partial charge in [0.2, 0.25) is 11.8 Å². The molecule has 0 radical (unpaired) electrons. The molecule has 4 aliphatic rings. The van der Waals surface area contributed by atoms with Crippen LogP contribution in [0.15, 0.2) is 36.4 Å². The van der Waals surface area contributed by atoms with Gasteiger partial charge in [-0.1, -0.05) is 24.3 Å². The van der Waals surface area contributed by atoms with E-state index in [0.717, 1.165) is 43.5 Å². The van der Waals surface area contributed by atoms with Crippen LogP contribution in [0.5, 0.6) is 5.75 Å².